The number of aliphatic hydroxyl groups excluding tert-OH is 1. The lowest BCUT2D eigenvalue weighted by Gasteiger charge is -2.29. The standard InChI is InChI=1S/C29H30ClN7O4/c1-31-27(39)20-6-3-4-7-22(20)33-26-21(30)17-32-29(35-26)34-23-10-9-18(16-25(23)41-2)37-13-5-8-24(37)28(40)36-14-11-19(38)12-15-36/h3-10,13,16-17,19,38H,11-12,14-15H2,1-2H3,(H,31,39)(H2,32,33,34,35). The summed E-state index contributed by atoms with van der Waals surface area (Å²) in [5, 5.41) is 19.0. The van der Waals surface area contributed by atoms with Gasteiger partial charge in [0.25, 0.3) is 11.8 Å². The number of para-hydroxylation sites is 1. The number of benzene rings is 2. The summed E-state index contributed by atoms with van der Waals surface area (Å²) in [6.07, 6.45) is 4.08. The van der Waals surface area contributed by atoms with Gasteiger partial charge in [0.1, 0.15) is 16.5 Å². The van der Waals surface area contributed by atoms with Crippen LogP contribution in [0.1, 0.15) is 33.7 Å². The predicted octanol–water partition coefficient (Wildman–Crippen LogP) is 4.37. The highest BCUT2D eigenvalue weighted by Gasteiger charge is 2.24. The molecule has 1 saturated heterocycles. The molecular weight excluding hydrogens is 546 g/mol. The van der Waals surface area contributed by atoms with Crippen LogP contribution in [0.15, 0.2) is 67.0 Å². The van der Waals surface area contributed by atoms with Crippen LogP contribution in [-0.4, -0.2) is 69.7 Å². The number of aliphatic hydroxyl groups is 1. The Hall–Kier alpha value is -4.61. The van der Waals surface area contributed by atoms with Crippen LogP contribution in [-0.2, 0) is 0 Å². The molecule has 1 fully saturated rings. The molecular formula is C29H30ClN7O4. The fourth-order valence-electron chi connectivity index (χ4n) is 4.63. The van der Waals surface area contributed by atoms with Gasteiger partial charge in [-0.05, 0) is 49.2 Å². The van der Waals surface area contributed by atoms with Gasteiger partial charge in [0.2, 0.25) is 5.95 Å². The molecule has 3 heterocycles. The molecule has 0 bridgehead atoms. The molecule has 0 atom stereocenters. The Balaban J connectivity index is 1.37. The van der Waals surface area contributed by atoms with E-state index in [1.807, 2.05) is 35.0 Å². The second-order valence-electron chi connectivity index (χ2n) is 9.44. The minimum absolute atomic E-state index is 0.0874. The number of rotatable bonds is 8. The van der Waals surface area contributed by atoms with Gasteiger partial charge in [-0.2, -0.15) is 4.98 Å². The van der Waals surface area contributed by atoms with Crippen LogP contribution in [0.4, 0.5) is 23.1 Å². The number of halogens is 1. The highest BCUT2D eigenvalue weighted by molar-refractivity contribution is 6.33. The number of likely N-dealkylation sites (tertiary alicyclic amines) is 1. The van der Waals surface area contributed by atoms with Crippen LogP contribution in [0.5, 0.6) is 5.75 Å². The second-order valence-corrected chi connectivity index (χ2v) is 9.84. The van der Waals surface area contributed by atoms with Gasteiger partial charge in [0, 0.05) is 38.1 Å². The maximum absolute atomic E-state index is 13.2. The smallest absolute Gasteiger partial charge is 0.270 e. The van der Waals surface area contributed by atoms with Gasteiger partial charge < -0.3 is 35.3 Å². The van der Waals surface area contributed by atoms with Crippen LogP contribution >= 0.6 is 11.6 Å². The van der Waals surface area contributed by atoms with Crippen molar-refractivity contribution < 1.29 is 19.4 Å². The molecule has 2 aromatic carbocycles. The number of hydrogen-bond acceptors (Lipinski definition) is 8. The van der Waals surface area contributed by atoms with Crippen molar-refractivity contribution in [1.82, 2.24) is 24.8 Å². The number of hydrogen-bond donors (Lipinski definition) is 4. The SMILES string of the molecule is CNC(=O)c1ccccc1Nc1nc(Nc2ccc(-n3cccc3C(=O)N3CCC(O)CC3)cc2OC)ncc1Cl. The van der Waals surface area contributed by atoms with E-state index in [0.717, 1.165) is 5.69 Å². The Morgan fingerprint density at radius 2 is 1.83 bits per heavy atom. The third kappa shape index (κ3) is 6.11. The summed E-state index contributed by atoms with van der Waals surface area (Å²) in [4.78, 5) is 36.1. The second kappa shape index (κ2) is 12.3. The fraction of sp³-hybridized carbons (Fsp3) is 0.241. The van der Waals surface area contributed by atoms with Crippen LogP contribution in [0.2, 0.25) is 5.02 Å². The predicted molar refractivity (Wildman–Crippen MR) is 157 cm³/mol. The van der Waals surface area contributed by atoms with Crippen molar-refractivity contribution in [2.75, 3.05) is 37.9 Å². The Morgan fingerprint density at radius 1 is 1.05 bits per heavy atom. The summed E-state index contributed by atoms with van der Waals surface area (Å²) < 4.78 is 7.46. The number of carbonyl (C=O) groups is 2. The number of nitrogens with one attached hydrogen (secondary N) is 3. The monoisotopic (exact) mass is 575 g/mol. The van der Waals surface area contributed by atoms with Gasteiger partial charge in [-0.3, -0.25) is 9.59 Å². The Bertz CT molecular complexity index is 1570. The molecule has 41 heavy (non-hydrogen) atoms. The van der Waals surface area contributed by atoms with Crippen molar-refractivity contribution in [2.24, 2.45) is 0 Å². The highest BCUT2D eigenvalue weighted by Crippen LogP contribution is 2.32. The van der Waals surface area contributed by atoms with E-state index in [-0.39, 0.29) is 28.9 Å². The third-order valence-electron chi connectivity index (χ3n) is 6.83. The molecule has 0 radical (unpaired) electrons. The van der Waals surface area contributed by atoms with E-state index >= 15 is 0 Å². The first-order valence-corrected chi connectivity index (χ1v) is 13.5. The average Bonchev–Trinajstić information content (AvgIpc) is 3.49. The molecule has 0 spiro atoms. The van der Waals surface area contributed by atoms with E-state index in [4.69, 9.17) is 16.3 Å². The number of methoxy groups -OCH3 is 1. The minimum Gasteiger partial charge on any atom is -0.494 e. The Labute approximate surface area is 242 Å². The van der Waals surface area contributed by atoms with Crippen LogP contribution in [0.25, 0.3) is 5.69 Å². The summed E-state index contributed by atoms with van der Waals surface area (Å²) in [5.74, 6) is 0.745. The number of aromatic nitrogens is 3. The third-order valence-corrected chi connectivity index (χ3v) is 7.10. The summed E-state index contributed by atoms with van der Waals surface area (Å²) in [5.41, 5.74) is 2.84. The molecule has 4 N–H and O–H groups in total. The number of carbonyl (C=O) groups excluding carboxylic acids is 2. The quantitative estimate of drug-likeness (QED) is 0.243. The summed E-state index contributed by atoms with van der Waals surface area (Å²) >= 11 is 6.37. The van der Waals surface area contributed by atoms with Crippen molar-refractivity contribution in [3.05, 3.63) is 83.3 Å². The van der Waals surface area contributed by atoms with Gasteiger partial charge in [-0.25, -0.2) is 4.98 Å². The number of nitrogens with zero attached hydrogens (tertiary/aromatic N) is 4. The molecule has 1 aliphatic heterocycles. The average molecular weight is 576 g/mol. The van der Waals surface area contributed by atoms with Crippen LogP contribution < -0.4 is 20.7 Å². The molecule has 11 nitrogen and oxygen atoms in total. The molecule has 1 aliphatic rings. The molecule has 5 rings (SSSR count). The minimum atomic E-state index is -0.356. The van der Waals surface area contributed by atoms with Crippen molar-refractivity contribution in [1.29, 1.82) is 0 Å². The molecule has 12 heteroatoms. The van der Waals surface area contributed by atoms with Crippen molar-refractivity contribution in [2.45, 2.75) is 18.9 Å². The molecule has 0 aliphatic carbocycles. The molecule has 2 amide bonds. The van der Waals surface area contributed by atoms with E-state index in [2.05, 4.69) is 25.9 Å². The first kappa shape index (κ1) is 27.9. The molecule has 0 saturated carbocycles. The van der Waals surface area contributed by atoms with E-state index in [0.29, 0.717) is 60.1 Å². The van der Waals surface area contributed by atoms with Crippen molar-refractivity contribution in [3.8, 4) is 11.4 Å². The van der Waals surface area contributed by atoms with E-state index in [1.54, 1.807) is 49.4 Å². The summed E-state index contributed by atoms with van der Waals surface area (Å²) in [7, 11) is 3.11. The van der Waals surface area contributed by atoms with Crippen molar-refractivity contribution in [3.63, 3.8) is 0 Å². The summed E-state index contributed by atoms with van der Waals surface area (Å²) in [6.45, 7) is 1.04. The zero-order chi connectivity index (χ0) is 28.9. The fourth-order valence-corrected chi connectivity index (χ4v) is 4.77. The number of ether oxygens (including phenoxy) is 1. The first-order chi connectivity index (χ1) is 19.9. The van der Waals surface area contributed by atoms with E-state index in [9.17, 15) is 14.7 Å². The number of amides is 2. The van der Waals surface area contributed by atoms with E-state index < -0.39 is 0 Å². The topological polar surface area (TPSA) is 134 Å². The van der Waals surface area contributed by atoms with E-state index in [1.165, 1.54) is 6.20 Å². The maximum atomic E-state index is 13.2. The number of piperidine rings is 1. The Morgan fingerprint density at radius 3 is 2.59 bits per heavy atom. The van der Waals surface area contributed by atoms with Crippen LogP contribution in [0.3, 0.4) is 0 Å². The molecule has 212 valence electrons. The number of anilines is 4. The Kier molecular flexibility index (Phi) is 8.37. The van der Waals surface area contributed by atoms with Crippen LogP contribution in [0, 0.1) is 0 Å². The zero-order valence-electron chi connectivity index (χ0n) is 22.6. The highest BCUT2D eigenvalue weighted by atomic mass is 35.5. The zero-order valence-corrected chi connectivity index (χ0v) is 23.4. The lowest BCUT2D eigenvalue weighted by molar-refractivity contribution is 0.0539. The largest absolute Gasteiger partial charge is 0.494 e. The lowest BCUT2D eigenvalue weighted by Crippen LogP contribution is -2.40. The molecule has 0 unspecified atom stereocenters. The maximum Gasteiger partial charge on any atom is 0.270 e. The van der Waals surface area contributed by atoms with Gasteiger partial charge in [0.05, 0.1) is 36.3 Å². The molecule has 4 aromatic rings. The first-order valence-electron chi connectivity index (χ1n) is 13.1. The molecule has 2 aromatic heterocycles. The summed E-state index contributed by atoms with van der Waals surface area (Å²) in [6, 6.07) is 16.1. The van der Waals surface area contributed by atoms with Gasteiger partial charge >= 0.3 is 0 Å². The van der Waals surface area contributed by atoms with Crippen molar-refractivity contribution >= 4 is 46.6 Å². The van der Waals surface area contributed by atoms with Gasteiger partial charge in [-0.15, -0.1) is 0 Å². The van der Waals surface area contributed by atoms with Gasteiger partial charge in [-0.1, -0.05) is 23.7 Å². The lowest BCUT2D eigenvalue weighted by atomic mass is 10.1. The normalized spacial score (nSPS) is 13.5. The van der Waals surface area contributed by atoms with Gasteiger partial charge in [0.15, 0.2) is 5.82 Å².